The van der Waals surface area contributed by atoms with E-state index in [9.17, 15) is 8.42 Å². The van der Waals surface area contributed by atoms with Gasteiger partial charge in [-0.25, -0.2) is 13.1 Å². The molecule has 1 aliphatic heterocycles. The zero-order chi connectivity index (χ0) is 12.6. The monoisotopic (exact) mass is 272 g/mol. The van der Waals surface area contributed by atoms with Crippen LogP contribution in [0.3, 0.4) is 0 Å². The van der Waals surface area contributed by atoms with Crippen molar-refractivity contribution in [2.75, 3.05) is 18.8 Å². The largest absolute Gasteiger partial charge is 0.316 e. The van der Waals surface area contributed by atoms with Crippen molar-refractivity contribution in [1.29, 1.82) is 0 Å². The highest BCUT2D eigenvalue weighted by Crippen LogP contribution is 2.44. The third-order valence-electron chi connectivity index (χ3n) is 4.92. The average Bonchev–Trinajstić information content (AvgIpc) is 2.90. The molecule has 4 unspecified atom stereocenters. The molecule has 0 spiro atoms. The van der Waals surface area contributed by atoms with Crippen LogP contribution in [0.4, 0.5) is 0 Å². The lowest BCUT2D eigenvalue weighted by Gasteiger charge is -2.26. The minimum Gasteiger partial charge on any atom is -0.316 e. The van der Waals surface area contributed by atoms with Gasteiger partial charge in [-0.3, -0.25) is 0 Å². The van der Waals surface area contributed by atoms with E-state index in [1.54, 1.807) is 0 Å². The lowest BCUT2D eigenvalue weighted by Crippen LogP contribution is -2.43. The van der Waals surface area contributed by atoms with Crippen LogP contribution in [0, 0.1) is 17.8 Å². The molecule has 0 aromatic rings. The molecule has 18 heavy (non-hydrogen) atoms. The van der Waals surface area contributed by atoms with Crippen molar-refractivity contribution in [1.82, 2.24) is 10.0 Å². The summed E-state index contributed by atoms with van der Waals surface area (Å²) in [5.74, 6) is 2.02. The molecule has 2 saturated carbocycles. The highest BCUT2D eigenvalue weighted by Gasteiger charge is 2.41. The van der Waals surface area contributed by atoms with Crippen LogP contribution < -0.4 is 10.0 Å². The van der Waals surface area contributed by atoms with Gasteiger partial charge in [0.1, 0.15) is 0 Å². The summed E-state index contributed by atoms with van der Waals surface area (Å²) in [6.07, 6.45) is 7.02. The SMILES string of the molecule is O=S(=O)(CC1CCCNC1)NC1CC2CCC1C2. The van der Waals surface area contributed by atoms with Gasteiger partial charge < -0.3 is 5.32 Å². The minimum absolute atomic E-state index is 0.241. The Hall–Kier alpha value is -0.130. The van der Waals surface area contributed by atoms with Gasteiger partial charge in [-0.15, -0.1) is 0 Å². The molecule has 3 aliphatic rings. The second-order valence-corrected chi connectivity index (χ2v) is 8.19. The summed E-state index contributed by atoms with van der Waals surface area (Å²) in [6, 6.07) is 0.241. The van der Waals surface area contributed by atoms with E-state index in [-0.39, 0.29) is 6.04 Å². The summed E-state index contributed by atoms with van der Waals surface area (Å²) in [4.78, 5) is 0. The fraction of sp³-hybridized carbons (Fsp3) is 1.00. The molecule has 0 amide bonds. The first-order valence-corrected chi connectivity index (χ1v) is 8.98. The number of rotatable bonds is 4. The van der Waals surface area contributed by atoms with Crippen molar-refractivity contribution in [3.05, 3.63) is 0 Å². The van der Waals surface area contributed by atoms with Gasteiger partial charge in [-0.05, 0) is 62.9 Å². The molecule has 3 rings (SSSR count). The maximum Gasteiger partial charge on any atom is 0.212 e. The molecule has 4 atom stereocenters. The van der Waals surface area contributed by atoms with E-state index in [4.69, 9.17) is 0 Å². The van der Waals surface area contributed by atoms with Gasteiger partial charge in [-0.2, -0.15) is 0 Å². The molecule has 5 heteroatoms. The van der Waals surface area contributed by atoms with E-state index < -0.39 is 10.0 Å². The molecule has 0 aromatic heterocycles. The van der Waals surface area contributed by atoms with Crippen molar-refractivity contribution in [2.24, 2.45) is 17.8 Å². The maximum atomic E-state index is 12.2. The lowest BCUT2D eigenvalue weighted by molar-refractivity contribution is 0.380. The minimum atomic E-state index is -3.08. The van der Waals surface area contributed by atoms with Crippen LogP contribution in [0.15, 0.2) is 0 Å². The Bertz CT molecular complexity index is 390. The van der Waals surface area contributed by atoms with Crippen LogP contribution in [0.5, 0.6) is 0 Å². The first-order valence-electron chi connectivity index (χ1n) is 7.33. The Balaban J connectivity index is 1.54. The van der Waals surface area contributed by atoms with Gasteiger partial charge in [0.2, 0.25) is 10.0 Å². The average molecular weight is 272 g/mol. The molecular weight excluding hydrogens is 248 g/mol. The van der Waals surface area contributed by atoms with Crippen LogP contribution in [0.2, 0.25) is 0 Å². The Labute approximate surface area is 110 Å². The van der Waals surface area contributed by atoms with Crippen molar-refractivity contribution in [2.45, 2.75) is 44.6 Å². The molecule has 104 valence electrons. The second kappa shape index (κ2) is 5.10. The molecule has 3 fully saturated rings. The summed E-state index contributed by atoms with van der Waals surface area (Å²) in [5.41, 5.74) is 0. The van der Waals surface area contributed by atoms with E-state index >= 15 is 0 Å². The molecule has 2 aliphatic carbocycles. The Morgan fingerprint density at radius 3 is 2.67 bits per heavy atom. The second-order valence-electron chi connectivity index (χ2n) is 6.39. The first kappa shape index (κ1) is 12.9. The smallest absolute Gasteiger partial charge is 0.212 e. The van der Waals surface area contributed by atoms with Crippen molar-refractivity contribution in [3.8, 4) is 0 Å². The number of nitrogens with one attached hydrogen (secondary N) is 2. The summed E-state index contributed by atoms with van der Waals surface area (Å²) in [7, 11) is -3.08. The Morgan fingerprint density at radius 2 is 2.06 bits per heavy atom. The van der Waals surface area contributed by atoms with Crippen LogP contribution in [0.25, 0.3) is 0 Å². The standard InChI is InChI=1S/C13H24N2O2S/c16-18(17,9-11-2-1-5-14-8-11)15-13-7-10-3-4-12(13)6-10/h10-15H,1-9H2. The van der Waals surface area contributed by atoms with Crippen LogP contribution >= 0.6 is 0 Å². The normalized spacial score (nSPS) is 40.2. The predicted octanol–water partition coefficient (Wildman–Crippen LogP) is 1.09. The number of fused-ring (bicyclic) bond motifs is 2. The molecule has 2 N–H and O–H groups in total. The van der Waals surface area contributed by atoms with Crippen LogP contribution in [0.1, 0.15) is 38.5 Å². The van der Waals surface area contributed by atoms with Crippen molar-refractivity contribution in [3.63, 3.8) is 0 Å². The summed E-state index contributed by atoms with van der Waals surface area (Å²) >= 11 is 0. The number of hydrogen-bond acceptors (Lipinski definition) is 3. The zero-order valence-electron chi connectivity index (χ0n) is 10.9. The summed E-state index contributed by atoms with van der Waals surface area (Å²) in [5, 5.41) is 3.29. The summed E-state index contributed by atoms with van der Waals surface area (Å²) in [6.45, 7) is 1.90. The lowest BCUT2D eigenvalue weighted by atomic mass is 9.96. The Kier molecular flexibility index (Phi) is 3.65. The topological polar surface area (TPSA) is 58.2 Å². The molecule has 4 nitrogen and oxygen atoms in total. The quantitative estimate of drug-likeness (QED) is 0.805. The van der Waals surface area contributed by atoms with Gasteiger partial charge in [0, 0.05) is 6.04 Å². The third kappa shape index (κ3) is 2.89. The van der Waals surface area contributed by atoms with Gasteiger partial charge in [0.15, 0.2) is 0 Å². The molecule has 0 radical (unpaired) electrons. The van der Waals surface area contributed by atoms with E-state index in [0.717, 1.165) is 38.3 Å². The van der Waals surface area contributed by atoms with Crippen molar-refractivity contribution >= 4 is 10.0 Å². The third-order valence-corrected chi connectivity index (χ3v) is 6.50. The van der Waals surface area contributed by atoms with Gasteiger partial charge in [0.25, 0.3) is 0 Å². The van der Waals surface area contributed by atoms with E-state index in [1.807, 2.05) is 0 Å². The predicted molar refractivity (Wildman–Crippen MR) is 71.8 cm³/mol. The van der Waals surface area contributed by atoms with Crippen LogP contribution in [-0.2, 0) is 10.0 Å². The highest BCUT2D eigenvalue weighted by atomic mass is 32.2. The zero-order valence-corrected chi connectivity index (χ0v) is 11.7. The van der Waals surface area contributed by atoms with Gasteiger partial charge >= 0.3 is 0 Å². The van der Waals surface area contributed by atoms with Crippen LogP contribution in [-0.4, -0.2) is 33.3 Å². The van der Waals surface area contributed by atoms with E-state index in [2.05, 4.69) is 10.0 Å². The maximum absolute atomic E-state index is 12.2. The van der Waals surface area contributed by atoms with Gasteiger partial charge in [0.05, 0.1) is 5.75 Å². The molecule has 2 bridgehead atoms. The number of hydrogen-bond donors (Lipinski definition) is 2. The van der Waals surface area contributed by atoms with Gasteiger partial charge in [-0.1, -0.05) is 6.42 Å². The molecule has 1 heterocycles. The fourth-order valence-corrected chi connectivity index (χ4v) is 5.80. The number of piperidine rings is 1. The fourth-order valence-electron chi connectivity index (χ4n) is 4.04. The highest BCUT2D eigenvalue weighted by molar-refractivity contribution is 7.89. The van der Waals surface area contributed by atoms with E-state index in [1.165, 1.54) is 19.3 Å². The molecule has 0 aromatic carbocycles. The first-order chi connectivity index (χ1) is 8.62. The van der Waals surface area contributed by atoms with E-state index in [0.29, 0.717) is 17.6 Å². The summed E-state index contributed by atoms with van der Waals surface area (Å²) < 4.78 is 27.4. The Morgan fingerprint density at radius 1 is 1.17 bits per heavy atom. The molecule has 1 saturated heterocycles. The van der Waals surface area contributed by atoms with Crippen molar-refractivity contribution < 1.29 is 8.42 Å². The number of sulfonamides is 1. The molecular formula is C13H24N2O2S.